The van der Waals surface area contributed by atoms with Gasteiger partial charge in [0.1, 0.15) is 0 Å². The first kappa shape index (κ1) is 13.0. The van der Waals surface area contributed by atoms with E-state index in [1.165, 1.54) is 44.9 Å². The summed E-state index contributed by atoms with van der Waals surface area (Å²) in [5.74, 6) is 2.39. The molecule has 1 N–H and O–H groups in total. The summed E-state index contributed by atoms with van der Waals surface area (Å²) >= 11 is 0. The van der Waals surface area contributed by atoms with E-state index in [1.807, 2.05) is 6.92 Å². The van der Waals surface area contributed by atoms with E-state index in [4.69, 9.17) is 0 Å². The smallest absolute Gasteiger partial charge is 0.0542 e. The lowest BCUT2D eigenvalue weighted by molar-refractivity contribution is 0.107. The van der Waals surface area contributed by atoms with Crippen LogP contribution in [0.1, 0.15) is 65.7 Å². The van der Waals surface area contributed by atoms with E-state index in [9.17, 15) is 5.11 Å². The Labute approximate surface area is 95.3 Å². The molecule has 3 atom stereocenters. The minimum absolute atomic E-state index is 0.0810. The first-order valence-electron chi connectivity index (χ1n) is 6.79. The molecule has 2 aliphatic carbocycles. The number of rotatable bonds is 1. The molecular weight excluding hydrogens is 184 g/mol. The summed E-state index contributed by atoms with van der Waals surface area (Å²) in [6.07, 6.45) is 9.73. The van der Waals surface area contributed by atoms with E-state index in [0.29, 0.717) is 5.92 Å². The highest BCUT2D eigenvalue weighted by molar-refractivity contribution is 4.77. The van der Waals surface area contributed by atoms with Gasteiger partial charge in [-0.3, -0.25) is 0 Å². The molecule has 1 heteroatoms. The normalized spacial score (nSPS) is 33.6. The molecule has 90 valence electrons. The fourth-order valence-corrected chi connectivity index (χ4v) is 3.02. The third kappa shape index (κ3) is 4.55. The first-order chi connectivity index (χ1) is 7.11. The van der Waals surface area contributed by atoms with Gasteiger partial charge in [0.05, 0.1) is 6.10 Å². The Morgan fingerprint density at radius 1 is 0.933 bits per heavy atom. The van der Waals surface area contributed by atoms with Crippen LogP contribution >= 0.6 is 0 Å². The monoisotopic (exact) mass is 212 g/mol. The Bertz CT molecular complexity index is 159. The van der Waals surface area contributed by atoms with Gasteiger partial charge in [0.25, 0.3) is 0 Å². The summed E-state index contributed by atoms with van der Waals surface area (Å²) < 4.78 is 0. The summed E-state index contributed by atoms with van der Waals surface area (Å²) in [7, 11) is 0. The van der Waals surface area contributed by atoms with Gasteiger partial charge in [-0.05, 0) is 31.1 Å². The Kier molecular flexibility index (Phi) is 5.66. The van der Waals surface area contributed by atoms with Crippen LogP contribution in [0.5, 0.6) is 0 Å². The Hall–Kier alpha value is -0.0400. The third-order valence-electron chi connectivity index (χ3n) is 4.19. The first-order valence-corrected chi connectivity index (χ1v) is 6.79. The largest absolute Gasteiger partial charge is 0.393 e. The fraction of sp³-hybridized carbons (Fsp3) is 1.00. The Morgan fingerprint density at radius 2 is 1.53 bits per heavy atom. The summed E-state index contributed by atoms with van der Waals surface area (Å²) in [5.41, 5.74) is 0. The summed E-state index contributed by atoms with van der Waals surface area (Å²) in [6, 6.07) is 0. The lowest BCUT2D eigenvalue weighted by Gasteiger charge is -2.17. The molecule has 0 radical (unpaired) electrons. The molecule has 0 amide bonds. The molecule has 2 aliphatic rings. The molecule has 2 rings (SSSR count). The number of aliphatic hydroxyl groups is 1. The van der Waals surface area contributed by atoms with Gasteiger partial charge in [0.15, 0.2) is 0 Å². The molecular formula is C14H28O. The minimum Gasteiger partial charge on any atom is -0.393 e. The molecule has 2 saturated carbocycles. The van der Waals surface area contributed by atoms with Crippen LogP contribution in [0.25, 0.3) is 0 Å². The van der Waals surface area contributed by atoms with Crippen LogP contribution in [-0.4, -0.2) is 11.2 Å². The molecule has 2 fully saturated rings. The molecule has 0 aliphatic heterocycles. The molecule has 0 bridgehead atoms. The second-order valence-electron chi connectivity index (χ2n) is 5.70. The third-order valence-corrected chi connectivity index (χ3v) is 4.19. The van der Waals surface area contributed by atoms with Crippen LogP contribution in [-0.2, 0) is 0 Å². The van der Waals surface area contributed by atoms with Gasteiger partial charge in [0.2, 0.25) is 0 Å². The van der Waals surface area contributed by atoms with Gasteiger partial charge in [-0.2, -0.15) is 0 Å². The average molecular weight is 212 g/mol. The SMILES string of the molecule is CC(O)C1CCCC1C.CC1CCCC1. The highest BCUT2D eigenvalue weighted by Crippen LogP contribution is 2.33. The minimum atomic E-state index is -0.0810. The van der Waals surface area contributed by atoms with Crippen molar-refractivity contribution < 1.29 is 5.11 Å². The molecule has 0 spiro atoms. The van der Waals surface area contributed by atoms with E-state index in [2.05, 4.69) is 13.8 Å². The molecule has 0 aromatic rings. The zero-order valence-corrected chi connectivity index (χ0v) is 10.7. The summed E-state index contributed by atoms with van der Waals surface area (Å²) in [4.78, 5) is 0. The van der Waals surface area contributed by atoms with Crippen LogP contribution < -0.4 is 0 Å². The molecule has 0 aromatic heterocycles. The second kappa shape index (κ2) is 6.52. The van der Waals surface area contributed by atoms with Gasteiger partial charge < -0.3 is 5.11 Å². The lowest BCUT2D eigenvalue weighted by Crippen LogP contribution is -2.18. The van der Waals surface area contributed by atoms with Gasteiger partial charge in [-0.15, -0.1) is 0 Å². The maximum Gasteiger partial charge on any atom is 0.0542 e. The average Bonchev–Trinajstić information content (AvgIpc) is 2.77. The van der Waals surface area contributed by atoms with Crippen LogP contribution in [0.4, 0.5) is 0 Å². The Balaban J connectivity index is 0.000000162. The van der Waals surface area contributed by atoms with Gasteiger partial charge in [0, 0.05) is 0 Å². The van der Waals surface area contributed by atoms with Crippen molar-refractivity contribution in [3.05, 3.63) is 0 Å². The van der Waals surface area contributed by atoms with Crippen molar-refractivity contribution in [1.82, 2.24) is 0 Å². The van der Waals surface area contributed by atoms with Gasteiger partial charge in [-0.25, -0.2) is 0 Å². The van der Waals surface area contributed by atoms with E-state index < -0.39 is 0 Å². The Morgan fingerprint density at radius 3 is 1.73 bits per heavy atom. The molecule has 0 saturated heterocycles. The number of hydrogen-bond donors (Lipinski definition) is 1. The molecule has 1 nitrogen and oxygen atoms in total. The van der Waals surface area contributed by atoms with Crippen molar-refractivity contribution in [3.8, 4) is 0 Å². The topological polar surface area (TPSA) is 20.2 Å². The van der Waals surface area contributed by atoms with Crippen LogP contribution in [0.15, 0.2) is 0 Å². The molecule has 0 aromatic carbocycles. The number of aliphatic hydroxyl groups excluding tert-OH is 1. The van der Waals surface area contributed by atoms with Crippen molar-refractivity contribution >= 4 is 0 Å². The second-order valence-corrected chi connectivity index (χ2v) is 5.70. The predicted molar refractivity (Wildman–Crippen MR) is 65.8 cm³/mol. The summed E-state index contributed by atoms with van der Waals surface area (Å²) in [6.45, 7) is 6.49. The van der Waals surface area contributed by atoms with Gasteiger partial charge >= 0.3 is 0 Å². The van der Waals surface area contributed by atoms with Crippen LogP contribution in [0.2, 0.25) is 0 Å². The number of hydrogen-bond acceptors (Lipinski definition) is 1. The zero-order chi connectivity index (χ0) is 11.3. The zero-order valence-electron chi connectivity index (χ0n) is 10.7. The van der Waals surface area contributed by atoms with E-state index >= 15 is 0 Å². The van der Waals surface area contributed by atoms with Gasteiger partial charge in [-0.1, -0.05) is 52.4 Å². The van der Waals surface area contributed by atoms with E-state index in [0.717, 1.165) is 11.8 Å². The molecule has 15 heavy (non-hydrogen) atoms. The summed E-state index contributed by atoms with van der Waals surface area (Å²) in [5, 5.41) is 9.22. The lowest BCUT2D eigenvalue weighted by atomic mass is 9.93. The fourth-order valence-electron chi connectivity index (χ4n) is 3.02. The van der Waals surface area contributed by atoms with Crippen molar-refractivity contribution in [2.45, 2.75) is 71.8 Å². The standard InChI is InChI=1S/C8H16O.C6H12/c1-6-4-3-5-8(6)7(2)9;1-6-4-2-3-5-6/h6-9H,3-5H2,1-2H3;6H,2-5H2,1H3. The van der Waals surface area contributed by atoms with Crippen LogP contribution in [0, 0.1) is 17.8 Å². The van der Waals surface area contributed by atoms with Crippen molar-refractivity contribution in [2.75, 3.05) is 0 Å². The quantitative estimate of drug-likeness (QED) is 0.696. The highest BCUT2D eigenvalue weighted by atomic mass is 16.3. The molecule has 3 unspecified atom stereocenters. The van der Waals surface area contributed by atoms with Crippen molar-refractivity contribution in [1.29, 1.82) is 0 Å². The van der Waals surface area contributed by atoms with E-state index in [1.54, 1.807) is 0 Å². The van der Waals surface area contributed by atoms with E-state index in [-0.39, 0.29) is 6.10 Å². The van der Waals surface area contributed by atoms with Crippen molar-refractivity contribution in [2.24, 2.45) is 17.8 Å². The predicted octanol–water partition coefficient (Wildman–Crippen LogP) is 4.00. The van der Waals surface area contributed by atoms with Crippen molar-refractivity contribution in [3.63, 3.8) is 0 Å². The van der Waals surface area contributed by atoms with Crippen LogP contribution in [0.3, 0.4) is 0 Å². The molecule has 0 heterocycles. The maximum atomic E-state index is 9.22. The highest BCUT2D eigenvalue weighted by Gasteiger charge is 2.26. The maximum absolute atomic E-state index is 9.22.